The molecule has 2 N–H and O–H groups in total. The van der Waals surface area contributed by atoms with Crippen LogP contribution in [0.1, 0.15) is 21.6 Å². The minimum Gasteiger partial charge on any atom is -0.496 e. The summed E-state index contributed by atoms with van der Waals surface area (Å²) in [6.45, 7) is 1.77. The van der Waals surface area contributed by atoms with Crippen molar-refractivity contribution in [2.75, 3.05) is 17.7 Å². The van der Waals surface area contributed by atoms with Crippen molar-refractivity contribution in [3.8, 4) is 11.4 Å². The number of amides is 2. The van der Waals surface area contributed by atoms with Crippen LogP contribution in [0.25, 0.3) is 5.69 Å². The van der Waals surface area contributed by atoms with Crippen molar-refractivity contribution in [1.82, 2.24) is 9.36 Å². The van der Waals surface area contributed by atoms with E-state index in [1.54, 1.807) is 56.1 Å². The van der Waals surface area contributed by atoms with Crippen LogP contribution in [-0.2, 0) is 18.3 Å². The molecule has 0 saturated carbocycles. The predicted octanol–water partition coefficient (Wildman–Crippen LogP) is 3.93. The fourth-order valence-electron chi connectivity index (χ4n) is 3.86. The van der Waals surface area contributed by atoms with Gasteiger partial charge in [0.05, 0.1) is 24.9 Å². The van der Waals surface area contributed by atoms with Crippen LogP contribution in [0.15, 0.2) is 83.7 Å². The predicted molar refractivity (Wildman–Crippen MR) is 135 cm³/mol. The number of ether oxygens (including phenoxy) is 1. The van der Waals surface area contributed by atoms with E-state index in [1.807, 2.05) is 48.5 Å². The second-order valence-corrected chi connectivity index (χ2v) is 8.01. The van der Waals surface area contributed by atoms with Crippen molar-refractivity contribution in [2.24, 2.45) is 7.05 Å². The normalized spacial score (nSPS) is 10.6. The molecular weight excluding hydrogens is 444 g/mol. The lowest BCUT2D eigenvalue weighted by molar-refractivity contribution is -0.115. The van der Waals surface area contributed by atoms with Gasteiger partial charge in [-0.15, -0.1) is 0 Å². The third kappa shape index (κ3) is 5.01. The van der Waals surface area contributed by atoms with Crippen LogP contribution in [0.3, 0.4) is 0 Å². The van der Waals surface area contributed by atoms with E-state index in [9.17, 15) is 14.4 Å². The summed E-state index contributed by atoms with van der Waals surface area (Å²) in [6.07, 6.45) is 0.128. The first-order valence-electron chi connectivity index (χ1n) is 11.1. The van der Waals surface area contributed by atoms with Gasteiger partial charge in [-0.2, -0.15) is 0 Å². The van der Waals surface area contributed by atoms with Crippen molar-refractivity contribution in [1.29, 1.82) is 0 Å². The molecule has 0 radical (unpaired) electrons. The number of methoxy groups -OCH3 is 1. The van der Waals surface area contributed by atoms with Crippen LogP contribution < -0.4 is 20.9 Å². The molecule has 35 heavy (non-hydrogen) atoms. The Balaban J connectivity index is 1.51. The van der Waals surface area contributed by atoms with Crippen molar-refractivity contribution in [3.05, 3.63) is 106 Å². The number of carbonyl (C=O) groups excluding carboxylic acids is 2. The van der Waals surface area contributed by atoms with E-state index < -0.39 is 5.91 Å². The minimum absolute atomic E-state index is 0.128. The molecule has 0 unspecified atom stereocenters. The molecule has 0 fully saturated rings. The molecule has 0 aliphatic carbocycles. The Hall–Kier alpha value is -4.59. The van der Waals surface area contributed by atoms with Crippen molar-refractivity contribution >= 4 is 23.2 Å². The molecule has 3 aromatic carbocycles. The molecule has 1 heterocycles. The summed E-state index contributed by atoms with van der Waals surface area (Å²) in [7, 11) is 3.32. The summed E-state index contributed by atoms with van der Waals surface area (Å²) in [5.41, 5.74) is 2.74. The SMILES string of the molecule is COc1ccccc1CC(=O)Nc1cccc(C(=O)Nc2c(C)n(C)n(-c3ccccc3)c2=O)c1. The lowest BCUT2D eigenvalue weighted by Crippen LogP contribution is -2.23. The number of benzene rings is 3. The highest BCUT2D eigenvalue weighted by Crippen LogP contribution is 2.20. The highest BCUT2D eigenvalue weighted by atomic mass is 16.5. The van der Waals surface area contributed by atoms with Crippen LogP contribution in [0.2, 0.25) is 0 Å². The molecule has 0 atom stereocenters. The summed E-state index contributed by atoms with van der Waals surface area (Å²) >= 11 is 0. The van der Waals surface area contributed by atoms with E-state index in [-0.39, 0.29) is 23.6 Å². The molecular formula is C27H26N4O4. The maximum atomic E-state index is 13.1. The van der Waals surface area contributed by atoms with Crippen molar-refractivity contribution < 1.29 is 14.3 Å². The van der Waals surface area contributed by atoms with Gasteiger partial charge in [0.25, 0.3) is 11.5 Å². The number of hydrogen-bond acceptors (Lipinski definition) is 4. The first-order chi connectivity index (χ1) is 16.9. The van der Waals surface area contributed by atoms with Crippen molar-refractivity contribution in [3.63, 3.8) is 0 Å². The Morgan fingerprint density at radius 1 is 0.914 bits per heavy atom. The molecule has 0 aliphatic heterocycles. The first-order valence-corrected chi connectivity index (χ1v) is 11.1. The van der Waals surface area contributed by atoms with Gasteiger partial charge in [-0.05, 0) is 43.3 Å². The zero-order valence-electron chi connectivity index (χ0n) is 19.7. The molecule has 0 spiro atoms. The molecule has 4 aromatic rings. The highest BCUT2D eigenvalue weighted by molar-refractivity contribution is 6.05. The van der Waals surface area contributed by atoms with Crippen LogP contribution in [0.5, 0.6) is 5.75 Å². The maximum absolute atomic E-state index is 13.1. The van der Waals surface area contributed by atoms with E-state index in [4.69, 9.17) is 4.74 Å². The Morgan fingerprint density at radius 2 is 1.63 bits per heavy atom. The number of para-hydroxylation sites is 2. The van der Waals surface area contributed by atoms with Gasteiger partial charge in [0.1, 0.15) is 11.4 Å². The Morgan fingerprint density at radius 3 is 2.37 bits per heavy atom. The van der Waals surface area contributed by atoms with Gasteiger partial charge in [0.2, 0.25) is 5.91 Å². The monoisotopic (exact) mass is 470 g/mol. The van der Waals surface area contributed by atoms with E-state index in [0.717, 1.165) is 5.56 Å². The van der Waals surface area contributed by atoms with Gasteiger partial charge in [-0.3, -0.25) is 19.1 Å². The highest BCUT2D eigenvalue weighted by Gasteiger charge is 2.19. The summed E-state index contributed by atoms with van der Waals surface area (Å²) in [5, 5.41) is 5.55. The average molecular weight is 471 g/mol. The van der Waals surface area contributed by atoms with E-state index in [2.05, 4.69) is 10.6 Å². The number of nitrogens with zero attached hydrogens (tertiary/aromatic N) is 2. The van der Waals surface area contributed by atoms with Gasteiger partial charge >= 0.3 is 0 Å². The lowest BCUT2D eigenvalue weighted by atomic mass is 10.1. The van der Waals surface area contributed by atoms with Crippen LogP contribution in [0, 0.1) is 6.92 Å². The first kappa shape index (κ1) is 23.6. The van der Waals surface area contributed by atoms with Crippen LogP contribution in [-0.4, -0.2) is 28.3 Å². The van der Waals surface area contributed by atoms with E-state index >= 15 is 0 Å². The van der Waals surface area contributed by atoms with Crippen molar-refractivity contribution in [2.45, 2.75) is 13.3 Å². The number of rotatable bonds is 7. The standard InChI is InChI=1S/C27H26N4O4/c1-18-25(27(34)31(30(18)2)22-13-5-4-6-14-22)29-26(33)20-11-9-12-21(16-20)28-24(32)17-19-10-7-8-15-23(19)35-3/h4-16H,17H2,1-3H3,(H,28,32)(H,29,33). The minimum atomic E-state index is -0.447. The maximum Gasteiger partial charge on any atom is 0.295 e. The molecule has 8 nitrogen and oxygen atoms in total. The fourth-order valence-corrected chi connectivity index (χ4v) is 3.86. The van der Waals surface area contributed by atoms with E-state index in [0.29, 0.717) is 28.4 Å². The Labute approximate surface area is 202 Å². The Kier molecular flexibility index (Phi) is 6.82. The molecule has 0 aliphatic rings. The van der Waals surface area contributed by atoms with Gasteiger partial charge < -0.3 is 15.4 Å². The van der Waals surface area contributed by atoms with Gasteiger partial charge in [-0.1, -0.05) is 42.5 Å². The second kappa shape index (κ2) is 10.1. The third-order valence-electron chi connectivity index (χ3n) is 5.74. The molecule has 4 rings (SSSR count). The number of aromatic nitrogens is 2. The molecule has 178 valence electrons. The van der Waals surface area contributed by atoms with Crippen LogP contribution in [0.4, 0.5) is 11.4 Å². The zero-order chi connectivity index (χ0) is 24.9. The number of anilines is 2. The molecule has 0 saturated heterocycles. The lowest BCUT2D eigenvalue weighted by Gasteiger charge is -2.10. The summed E-state index contributed by atoms with van der Waals surface area (Å²) in [6, 6.07) is 23.1. The molecule has 0 bridgehead atoms. The quantitative estimate of drug-likeness (QED) is 0.428. The van der Waals surface area contributed by atoms with E-state index in [1.165, 1.54) is 4.68 Å². The topological polar surface area (TPSA) is 94.4 Å². The second-order valence-electron chi connectivity index (χ2n) is 8.01. The summed E-state index contributed by atoms with van der Waals surface area (Å²) < 4.78 is 8.49. The average Bonchev–Trinajstić information content (AvgIpc) is 3.07. The smallest absolute Gasteiger partial charge is 0.295 e. The number of carbonyl (C=O) groups is 2. The fraction of sp³-hybridized carbons (Fsp3) is 0.148. The molecule has 8 heteroatoms. The zero-order valence-corrected chi connectivity index (χ0v) is 19.7. The largest absolute Gasteiger partial charge is 0.496 e. The summed E-state index contributed by atoms with van der Waals surface area (Å²) in [5.74, 6) is -0.0521. The summed E-state index contributed by atoms with van der Waals surface area (Å²) in [4.78, 5) is 38.6. The number of hydrogen-bond donors (Lipinski definition) is 2. The van der Waals surface area contributed by atoms with Gasteiger partial charge in [-0.25, -0.2) is 4.68 Å². The molecule has 1 aromatic heterocycles. The number of nitrogens with one attached hydrogen (secondary N) is 2. The van der Waals surface area contributed by atoms with Gasteiger partial charge in [0, 0.05) is 23.9 Å². The molecule has 2 amide bonds. The van der Waals surface area contributed by atoms with Crippen LogP contribution >= 0.6 is 0 Å². The third-order valence-corrected chi connectivity index (χ3v) is 5.74. The Bertz CT molecular complexity index is 1440. The van der Waals surface area contributed by atoms with Gasteiger partial charge in [0.15, 0.2) is 0 Å².